The third-order valence-corrected chi connectivity index (χ3v) is 8.10. The first kappa shape index (κ1) is 26.4. The molecular formula is C20H21N9O5S3. The molecule has 0 radical (unpaired) electrons. The zero-order valence-electron chi connectivity index (χ0n) is 19.1. The van der Waals surface area contributed by atoms with Gasteiger partial charge in [-0.05, 0) is 16.0 Å². The number of hydrogen-bond acceptors (Lipinski definition) is 13. The van der Waals surface area contributed by atoms with Crippen LogP contribution >= 0.6 is 34.9 Å². The summed E-state index contributed by atoms with van der Waals surface area (Å²) in [6, 6.07) is -0.957. The molecule has 0 spiro atoms. The van der Waals surface area contributed by atoms with Crippen molar-refractivity contribution in [1.82, 2.24) is 35.4 Å². The molecule has 2 aliphatic heterocycles. The van der Waals surface area contributed by atoms with Gasteiger partial charge in [0.05, 0.1) is 6.54 Å². The minimum Gasteiger partial charge on any atom is -0.477 e. The fraction of sp³-hybridized carbons (Fsp3) is 0.300. The van der Waals surface area contributed by atoms with E-state index in [-0.39, 0.29) is 34.6 Å². The molecular weight excluding hydrogens is 542 g/mol. The van der Waals surface area contributed by atoms with Crippen LogP contribution in [0.3, 0.4) is 0 Å². The maximum Gasteiger partial charge on any atom is 0.352 e. The van der Waals surface area contributed by atoms with Crippen LogP contribution in [0.1, 0.15) is 5.69 Å². The molecule has 1 unspecified atom stereocenters. The minimum atomic E-state index is -1.23. The Kier molecular flexibility index (Phi) is 8.24. The third-order valence-electron chi connectivity index (χ3n) is 5.04. The van der Waals surface area contributed by atoms with E-state index in [1.807, 2.05) is 0 Å². The standard InChI is InChI=1S/C20H21N9O5S3/c1-3-5-28-20(24-26-27-28)37-8-10-7-35-17-13(16(31)29(17)14(10)18(32)33)23-15(30)12(25-34-6-4-2)11-9-36-19(21)22-11/h3-4,9,13,17H,1-2,5-8H2,(H2,21,22)(H,23,30)(H,32,33)/t13?,17-/m1/s1. The molecule has 2 atom stereocenters. The number of aliphatic carboxylic acids is 1. The normalized spacial score (nSPS) is 19.2. The highest BCUT2D eigenvalue weighted by Gasteiger charge is 2.54. The number of nitrogens with two attached hydrogens (primary N) is 1. The Morgan fingerprint density at radius 3 is 2.89 bits per heavy atom. The first-order valence-corrected chi connectivity index (χ1v) is 13.5. The Labute approximate surface area is 222 Å². The van der Waals surface area contributed by atoms with Crippen LogP contribution in [0.25, 0.3) is 0 Å². The summed E-state index contributed by atoms with van der Waals surface area (Å²) in [6.45, 7) is 7.63. The van der Waals surface area contributed by atoms with Crippen LogP contribution in [0.2, 0.25) is 0 Å². The Hall–Kier alpha value is -3.70. The zero-order valence-corrected chi connectivity index (χ0v) is 21.6. The average Bonchev–Trinajstić information content (AvgIpc) is 3.51. The second-order valence-corrected chi connectivity index (χ2v) is 10.4. The number of fused-ring (bicyclic) bond motifs is 1. The van der Waals surface area contributed by atoms with Crippen molar-refractivity contribution in [3.8, 4) is 0 Å². The van der Waals surface area contributed by atoms with Gasteiger partial charge in [0.25, 0.3) is 11.8 Å². The quantitative estimate of drug-likeness (QED) is 0.0802. The van der Waals surface area contributed by atoms with Crippen LogP contribution in [0.15, 0.2) is 52.3 Å². The van der Waals surface area contributed by atoms with Gasteiger partial charge in [-0.3, -0.25) is 14.5 Å². The first-order valence-electron chi connectivity index (χ1n) is 10.6. The van der Waals surface area contributed by atoms with Crippen molar-refractivity contribution in [2.45, 2.75) is 23.1 Å². The number of thioether (sulfide) groups is 2. The number of nitrogens with one attached hydrogen (secondary N) is 1. The molecule has 37 heavy (non-hydrogen) atoms. The highest BCUT2D eigenvalue weighted by Crippen LogP contribution is 2.41. The maximum atomic E-state index is 13.0. The number of carbonyl (C=O) groups excluding carboxylic acids is 2. The predicted molar refractivity (Wildman–Crippen MR) is 138 cm³/mol. The largest absolute Gasteiger partial charge is 0.477 e. The summed E-state index contributed by atoms with van der Waals surface area (Å²) in [5.41, 5.74) is 6.14. The molecule has 2 aromatic rings. The average molecular weight is 564 g/mol. The van der Waals surface area contributed by atoms with Gasteiger partial charge >= 0.3 is 5.97 Å². The van der Waals surface area contributed by atoms with E-state index < -0.39 is 29.2 Å². The molecule has 0 bridgehead atoms. The van der Waals surface area contributed by atoms with E-state index in [4.69, 9.17) is 10.6 Å². The number of allylic oxidation sites excluding steroid dienone is 1. The molecule has 4 heterocycles. The Morgan fingerprint density at radius 1 is 1.41 bits per heavy atom. The number of anilines is 1. The number of thiazole rings is 1. The Morgan fingerprint density at radius 2 is 2.22 bits per heavy atom. The van der Waals surface area contributed by atoms with Crippen LogP contribution < -0.4 is 11.1 Å². The fourth-order valence-corrected chi connectivity index (χ4v) is 6.37. The molecule has 14 nitrogen and oxygen atoms in total. The van der Waals surface area contributed by atoms with Crippen LogP contribution in [-0.4, -0.2) is 88.2 Å². The molecule has 2 amide bonds. The van der Waals surface area contributed by atoms with Crippen molar-refractivity contribution >= 4 is 63.5 Å². The minimum absolute atomic E-state index is 0.0541. The number of β-lactam (4-membered cyclic amide) rings is 1. The van der Waals surface area contributed by atoms with E-state index >= 15 is 0 Å². The fourth-order valence-electron chi connectivity index (χ4n) is 3.45. The SMILES string of the molecule is C=CCON=C(C(=O)NC1C(=O)N2C(C(=O)O)=C(CSc3nnnn3CC=C)CS[C@H]12)c1csc(N)n1. The van der Waals surface area contributed by atoms with Gasteiger partial charge in [0, 0.05) is 16.9 Å². The number of hydrogen-bond donors (Lipinski definition) is 3. The summed E-state index contributed by atoms with van der Waals surface area (Å²) in [4.78, 5) is 48.5. The lowest BCUT2D eigenvalue weighted by atomic mass is 10.0. The number of carboxylic acids is 1. The molecule has 4 N–H and O–H groups in total. The number of carboxylic acid groups (broad SMARTS) is 1. The molecule has 0 aromatic carbocycles. The van der Waals surface area contributed by atoms with Crippen LogP contribution in [-0.2, 0) is 25.8 Å². The first-order chi connectivity index (χ1) is 17.8. The summed E-state index contributed by atoms with van der Waals surface area (Å²) in [6.07, 6.45) is 3.09. The van der Waals surface area contributed by atoms with Crippen molar-refractivity contribution in [1.29, 1.82) is 0 Å². The topological polar surface area (TPSA) is 191 Å². The lowest BCUT2D eigenvalue weighted by Crippen LogP contribution is -2.71. The van der Waals surface area contributed by atoms with Crippen molar-refractivity contribution in [2.75, 3.05) is 23.8 Å². The second kappa shape index (κ2) is 11.6. The van der Waals surface area contributed by atoms with Crippen molar-refractivity contribution in [3.05, 3.63) is 47.7 Å². The highest BCUT2D eigenvalue weighted by molar-refractivity contribution is 8.01. The number of nitrogens with zero attached hydrogens (tertiary/aromatic N) is 7. The van der Waals surface area contributed by atoms with E-state index in [0.29, 0.717) is 23.0 Å². The second-order valence-electron chi connectivity index (χ2n) is 7.43. The number of aromatic nitrogens is 5. The summed E-state index contributed by atoms with van der Waals surface area (Å²) >= 11 is 3.72. The third kappa shape index (κ3) is 5.52. The van der Waals surface area contributed by atoms with E-state index in [9.17, 15) is 19.5 Å². The summed E-state index contributed by atoms with van der Waals surface area (Å²) < 4.78 is 1.53. The van der Waals surface area contributed by atoms with Gasteiger partial charge in [-0.2, -0.15) is 0 Å². The molecule has 4 rings (SSSR count). The van der Waals surface area contributed by atoms with Crippen molar-refractivity contribution in [3.63, 3.8) is 0 Å². The number of amides is 2. The van der Waals surface area contributed by atoms with Gasteiger partial charge in [-0.15, -0.1) is 34.8 Å². The molecule has 0 saturated carbocycles. The molecule has 17 heteroatoms. The summed E-state index contributed by atoms with van der Waals surface area (Å²) in [5.74, 6) is -1.88. The number of rotatable bonds is 12. The maximum absolute atomic E-state index is 13.0. The van der Waals surface area contributed by atoms with Crippen LogP contribution in [0.5, 0.6) is 0 Å². The number of carbonyl (C=O) groups is 3. The van der Waals surface area contributed by atoms with Gasteiger partial charge in [0.2, 0.25) is 5.16 Å². The molecule has 0 aliphatic carbocycles. The van der Waals surface area contributed by atoms with Crippen molar-refractivity contribution < 1.29 is 24.3 Å². The van der Waals surface area contributed by atoms with Crippen LogP contribution in [0.4, 0.5) is 5.13 Å². The molecule has 1 saturated heterocycles. The molecule has 1 fully saturated rings. The van der Waals surface area contributed by atoms with Gasteiger partial charge < -0.3 is 21.0 Å². The van der Waals surface area contributed by atoms with Gasteiger partial charge in [0.15, 0.2) is 10.8 Å². The Balaban J connectivity index is 1.49. The lowest BCUT2D eigenvalue weighted by Gasteiger charge is -2.49. The number of tetrazole rings is 1. The molecule has 2 aliphatic rings. The summed E-state index contributed by atoms with van der Waals surface area (Å²) in [5, 5.41) is 29.4. The number of oxime groups is 1. The van der Waals surface area contributed by atoms with E-state index in [1.165, 1.54) is 44.6 Å². The Bertz CT molecular complexity index is 1300. The smallest absolute Gasteiger partial charge is 0.352 e. The van der Waals surface area contributed by atoms with E-state index in [2.05, 4.69) is 44.1 Å². The number of nitrogen functional groups attached to an aromatic ring is 1. The summed E-state index contributed by atoms with van der Waals surface area (Å²) in [7, 11) is 0. The van der Waals surface area contributed by atoms with E-state index in [1.54, 1.807) is 6.08 Å². The van der Waals surface area contributed by atoms with E-state index in [0.717, 1.165) is 11.3 Å². The monoisotopic (exact) mass is 563 g/mol. The van der Waals surface area contributed by atoms with Gasteiger partial charge in [-0.1, -0.05) is 35.6 Å². The van der Waals surface area contributed by atoms with Crippen LogP contribution in [0, 0.1) is 0 Å². The lowest BCUT2D eigenvalue weighted by molar-refractivity contribution is -0.150. The van der Waals surface area contributed by atoms with Crippen molar-refractivity contribution in [2.24, 2.45) is 5.16 Å². The van der Waals surface area contributed by atoms with Gasteiger partial charge in [0.1, 0.15) is 29.4 Å². The van der Waals surface area contributed by atoms with Gasteiger partial charge in [-0.25, -0.2) is 14.5 Å². The molecule has 194 valence electrons. The molecule has 2 aromatic heterocycles. The zero-order chi connectivity index (χ0) is 26.5. The predicted octanol–water partition coefficient (Wildman–Crippen LogP) is 0.335. The highest BCUT2D eigenvalue weighted by atomic mass is 32.2.